The van der Waals surface area contributed by atoms with Gasteiger partial charge in [0, 0.05) is 13.0 Å². The minimum Gasteiger partial charge on any atom is -0.459 e. The molecular formula is C22H20N2O5. The fourth-order valence-corrected chi connectivity index (χ4v) is 3.06. The lowest BCUT2D eigenvalue weighted by Gasteiger charge is -2.18. The molecule has 0 bridgehead atoms. The molecule has 1 aliphatic rings. The summed E-state index contributed by atoms with van der Waals surface area (Å²) in [6.07, 6.45) is 1.78. The molecule has 0 spiro atoms. The quantitative estimate of drug-likeness (QED) is 0.645. The molecule has 2 amide bonds. The lowest BCUT2D eigenvalue weighted by Crippen LogP contribution is -2.47. The lowest BCUT2D eigenvalue weighted by molar-refractivity contribution is -0.123. The van der Waals surface area contributed by atoms with Crippen LogP contribution in [-0.2, 0) is 17.8 Å². The number of carbonyl (C=O) groups is 2. The van der Waals surface area contributed by atoms with Crippen LogP contribution in [0.15, 0.2) is 71.3 Å². The summed E-state index contributed by atoms with van der Waals surface area (Å²) in [5, 5.41) is 5.64. The Kier molecular flexibility index (Phi) is 5.47. The molecule has 3 aromatic rings. The van der Waals surface area contributed by atoms with Crippen molar-refractivity contribution >= 4 is 11.8 Å². The zero-order chi connectivity index (χ0) is 20.1. The molecule has 0 saturated carbocycles. The van der Waals surface area contributed by atoms with E-state index in [-0.39, 0.29) is 18.5 Å². The van der Waals surface area contributed by atoms with Crippen LogP contribution in [0.25, 0.3) is 0 Å². The second kappa shape index (κ2) is 8.52. The second-order valence-electron chi connectivity index (χ2n) is 6.60. The van der Waals surface area contributed by atoms with Gasteiger partial charge in [0.25, 0.3) is 5.91 Å². The summed E-state index contributed by atoms with van der Waals surface area (Å²) < 4.78 is 15.8. The number of nitrogens with one attached hydrogen (secondary N) is 2. The highest BCUT2D eigenvalue weighted by atomic mass is 16.7. The Hall–Kier alpha value is -3.74. The van der Waals surface area contributed by atoms with Crippen molar-refractivity contribution in [2.75, 3.05) is 6.79 Å². The molecule has 0 aliphatic carbocycles. The van der Waals surface area contributed by atoms with E-state index in [2.05, 4.69) is 10.6 Å². The highest BCUT2D eigenvalue weighted by Crippen LogP contribution is 2.32. The number of amides is 2. The smallest absolute Gasteiger partial charge is 0.287 e. The van der Waals surface area contributed by atoms with Crippen molar-refractivity contribution < 1.29 is 23.5 Å². The van der Waals surface area contributed by atoms with Crippen molar-refractivity contribution in [1.29, 1.82) is 0 Å². The van der Waals surface area contributed by atoms with Crippen molar-refractivity contribution in [3.05, 3.63) is 83.8 Å². The third kappa shape index (κ3) is 4.57. The number of benzene rings is 2. The Morgan fingerprint density at radius 1 is 0.931 bits per heavy atom. The van der Waals surface area contributed by atoms with Crippen LogP contribution in [0.5, 0.6) is 11.5 Å². The van der Waals surface area contributed by atoms with Crippen LogP contribution in [0.1, 0.15) is 21.7 Å². The largest absolute Gasteiger partial charge is 0.459 e. The van der Waals surface area contributed by atoms with Gasteiger partial charge in [-0.05, 0) is 35.4 Å². The zero-order valence-electron chi connectivity index (χ0n) is 15.6. The molecule has 7 nitrogen and oxygen atoms in total. The lowest BCUT2D eigenvalue weighted by atomic mass is 10.0. The fourth-order valence-electron chi connectivity index (χ4n) is 3.06. The van der Waals surface area contributed by atoms with E-state index in [1.165, 1.54) is 6.26 Å². The van der Waals surface area contributed by atoms with Crippen LogP contribution in [0.4, 0.5) is 0 Å². The highest BCUT2D eigenvalue weighted by molar-refractivity contribution is 5.95. The van der Waals surface area contributed by atoms with E-state index in [0.29, 0.717) is 24.5 Å². The summed E-state index contributed by atoms with van der Waals surface area (Å²) in [6.45, 7) is 0.500. The Morgan fingerprint density at radius 3 is 2.55 bits per heavy atom. The first-order chi connectivity index (χ1) is 14.2. The van der Waals surface area contributed by atoms with Crippen LogP contribution >= 0.6 is 0 Å². The second-order valence-corrected chi connectivity index (χ2v) is 6.60. The Labute approximate surface area is 167 Å². The average molecular weight is 392 g/mol. The van der Waals surface area contributed by atoms with E-state index in [0.717, 1.165) is 11.1 Å². The molecule has 2 N–H and O–H groups in total. The average Bonchev–Trinajstić information content (AvgIpc) is 3.43. The predicted molar refractivity (Wildman–Crippen MR) is 105 cm³/mol. The van der Waals surface area contributed by atoms with Gasteiger partial charge < -0.3 is 24.5 Å². The normalized spacial score (nSPS) is 13.0. The van der Waals surface area contributed by atoms with Gasteiger partial charge in [0.1, 0.15) is 6.04 Å². The van der Waals surface area contributed by atoms with Gasteiger partial charge in [0.15, 0.2) is 17.3 Å². The first-order valence-corrected chi connectivity index (χ1v) is 9.23. The van der Waals surface area contributed by atoms with Gasteiger partial charge in [-0.15, -0.1) is 0 Å². The van der Waals surface area contributed by atoms with Crippen molar-refractivity contribution in [1.82, 2.24) is 10.6 Å². The number of rotatable bonds is 7. The van der Waals surface area contributed by atoms with Gasteiger partial charge in [0.05, 0.1) is 6.26 Å². The van der Waals surface area contributed by atoms with E-state index >= 15 is 0 Å². The standard InChI is InChI=1S/C22H20N2O5/c25-21(23-13-16-8-9-18-20(12-16)29-14-28-18)17(11-15-5-2-1-3-6-15)24-22(26)19-7-4-10-27-19/h1-10,12,17H,11,13-14H2,(H,23,25)(H,24,26). The molecule has 1 atom stereocenters. The summed E-state index contributed by atoms with van der Waals surface area (Å²) in [5.74, 6) is 0.781. The first-order valence-electron chi connectivity index (χ1n) is 9.23. The Balaban J connectivity index is 1.44. The van der Waals surface area contributed by atoms with Crippen molar-refractivity contribution in [3.63, 3.8) is 0 Å². The molecule has 1 aliphatic heterocycles. The predicted octanol–water partition coefficient (Wildman–Crippen LogP) is 2.67. The fraction of sp³-hybridized carbons (Fsp3) is 0.182. The molecule has 0 saturated heterocycles. The zero-order valence-corrected chi connectivity index (χ0v) is 15.6. The monoisotopic (exact) mass is 392 g/mol. The van der Waals surface area contributed by atoms with E-state index in [4.69, 9.17) is 13.9 Å². The maximum Gasteiger partial charge on any atom is 0.287 e. The van der Waals surface area contributed by atoms with Crippen LogP contribution in [0.2, 0.25) is 0 Å². The minimum absolute atomic E-state index is 0.159. The number of fused-ring (bicyclic) bond motifs is 1. The summed E-state index contributed by atoms with van der Waals surface area (Å²) in [7, 11) is 0. The van der Waals surface area contributed by atoms with Crippen molar-refractivity contribution in [3.8, 4) is 11.5 Å². The molecule has 0 radical (unpaired) electrons. The van der Waals surface area contributed by atoms with E-state index in [1.54, 1.807) is 12.1 Å². The van der Waals surface area contributed by atoms with Crippen LogP contribution in [-0.4, -0.2) is 24.6 Å². The van der Waals surface area contributed by atoms with Crippen LogP contribution in [0.3, 0.4) is 0 Å². The number of carbonyl (C=O) groups excluding carboxylic acids is 2. The molecule has 2 aromatic carbocycles. The molecule has 7 heteroatoms. The van der Waals surface area contributed by atoms with E-state index < -0.39 is 11.9 Å². The topological polar surface area (TPSA) is 89.8 Å². The van der Waals surface area contributed by atoms with Gasteiger partial charge in [-0.25, -0.2) is 0 Å². The number of furan rings is 1. The molecule has 2 heterocycles. The summed E-state index contributed by atoms with van der Waals surface area (Å²) in [5.41, 5.74) is 1.81. The van der Waals surface area contributed by atoms with Gasteiger partial charge in [-0.2, -0.15) is 0 Å². The number of ether oxygens (including phenoxy) is 2. The molecule has 1 unspecified atom stereocenters. The maximum atomic E-state index is 12.8. The summed E-state index contributed by atoms with van der Waals surface area (Å²) in [6, 6.07) is 17.5. The van der Waals surface area contributed by atoms with Gasteiger partial charge in [-0.1, -0.05) is 36.4 Å². The SMILES string of the molecule is O=C(NC(Cc1ccccc1)C(=O)NCc1ccc2c(c1)OCO2)c1ccco1. The molecule has 148 valence electrons. The molecular weight excluding hydrogens is 372 g/mol. The Bertz CT molecular complexity index is 986. The third-order valence-corrected chi connectivity index (χ3v) is 4.55. The number of hydrogen-bond donors (Lipinski definition) is 2. The molecule has 29 heavy (non-hydrogen) atoms. The molecule has 4 rings (SSSR count). The number of hydrogen-bond acceptors (Lipinski definition) is 5. The van der Waals surface area contributed by atoms with Crippen molar-refractivity contribution in [2.24, 2.45) is 0 Å². The van der Waals surface area contributed by atoms with Crippen molar-refractivity contribution in [2.45, 2.75) is 19.0 Å². The maximum absolute atomic E-state index is 12.8. The van der Waals surface area contributed by atoms with Gasteiger partial charge in [-0.3, -0.25) is 9.59 Å². The first kappa shape index (κ1) is 18.6. The van der Waals surface area contributed by atoms with Crippen LogP contribution in [0, 0.1) is 0 Å². The summed E-state index contributed by atoms with van der Waals surface area (Å²) in [4.78, 5) is 25.2. The van der Waals surface area contributed by atoms with Gasteiger partial charge >= 0.3 is 0 Å². The third-order valence-electron chi connectivity index (χ3n) is 4.55. The molecule has 0 fully saturated rings. The Morgan fingerprint density at radius 2 is 1.76 bits per heavy atom. The highest BCUT2D eigenvalue weighted by Gasteiger charge is 2.23. The minimum atomic E-state index is -0.746. The molecule has 1 aromatic heterocycles. The van der Waals surface area contributed by atoms with E-state index in [1.807, 2.05) is 48.5 Å². The van der Waals surface area contributed by atoms with E-state index in [9.17, 15) is 9.59 Å². The van der Waals surface area contributed by atoms with Gasteiger partial charge in [0.2, 0.25) is 12.7 Å². The summed E-state index contributed by atoms with van der Waals surface area (Å²) >= 11 is 0. The van der Waals surface area contributed by atoms with Crippen LogP contribution < -0.4 is 20.1 Å².